The van der Waals surface area contributed by atoms with Crippen molar-refractivity contribution in [2.24, 2.45) is 0 Å². The molecule has 1 amide bonds. The second-order valence-corrected chi connectivity index (χ2v) is 6.15. The minimum atomic E-state index is -0.322. The van der Waals surface area contributed by atoms with Gasteiger partial charge in [-0.3, -0.25) is 4.79 Å². The first-order valence-corrected chi connectivity index (χ1v) is 8.36. The number of benzene rings is 2. The number of carbonyl (C=O) groups excluding carboxylic acids is 1. The molecule has 3 aromatic rings. The van der Waals surface area contributed by atoms with E-state index in [1.807, 2.05) is 35.7 Å². The smallest absolute Gasteiger partial charge is 0.258 e. The highest BCUT2D eigenvalue weighted by molar-refractivity contribution is 7.10. The molecule has 0 saturated heterocycles. The van der Waals surface area contributed by atoms with Crippen LogP contribution in [0, 0.1) is 5.82 Å². The van der Waals surface area contributed by atoms with Crippen LogP contribution in [0.25, 0.3) is 0 Å². The molecular formula is C19H16FNO2S. The van der Waals surface area contributed by atoms with Crippen molar-refractivity contribution in [3.8, 4) is 5.75 Å². The maximum atomic E-state index is 13.2. The fraction of sp³-hybridized carbons (Fsp3) is 0.105. The fourth-order valence-electron chi connectivity index (χ4n) is 2.30. The van der Waals surface area contributed by atoms with Gasteiger partial charge >= 0.3 is 0 Å². The first-order valence-electron chi connectivity index (χ1n) is 7.48. The van der Waals surface area contributed by atoms with Crippen LogP contribution in [0.4, 0.5) is 4.39 Å². The van der Waals surface area contributed by atoms with Gasteiger partial charge in [0.2, 0.25) is 0 Å². The number of amides is 1. The van der Waals surface area contributed by atoms with Gasteiger partial charge in [-0.05, 0) is 41.3 Å². The van der Waals surface area contributed by atoms with Gasteiger partial charge in [0, 0.05) is 4.88 Å². The Balaban J connectivity index is 1.70. The van der Waals surface area contributed by atoms with Crippen molar-refractivity contribution in [3.63, 3.8) is 0 Å². The van der Waals surface area contributed by atoms with Crippen LogP contribution >= 0.6 is 11.3 Å². The van der Waals surface area contributed by atoms with Gasteiger partial charge in [-0.1, -0.05) is 36.4 Å². The summed E-state index contributed by atoms with van der Waals surface area (Å²) in [6.45, 7) is -0.0763. The third-order valence-corrected chi connectivity index (χ3v) is 4.39. The maximum Gasteiger partial charge on any atom is 0.258 e. The molecule has 24 heavy (non-hydrogen) atoms. The Morgan fingerprint density at radius 1 is 1.04 bits per heavy atom. The molecule has 2 aromatic carbocycles. The number of rotatable bonds is 6. The highest BCUT2D eigenvalue weighted by Crippen LogP contribution is 2.26. The monoisotopic (exact) mass is 341 g/mol. The van der Waals surface area contributed by atoms with Crippen molar-refractivity contribution in [2.75, 3.05) is 6.61 Å². The van der Waals surface area contributed by atoms with E-state index in [1.165, 1.54) is 23.5 Å². The van der Waals surface area contributed by atoms with Crippen LogP contribution in [0.3, 0.4) is 0 Å². The van der Waals surface area contributed by atoms with Crippen molar-refractivity contribution in [2.45, 2.75) is 6.04 Å². The lowest BCUT2D eigenvalue weighted by Crippen LogP contribution is -2.32. The second-order valence-electron chi connectivity index (χ2n) is 5.17. The summed E-state index contributed by atoms with van der Waals surface area (Å²) in [6, 6.07) is 18.8. The standard InChI is InChI=1S/C19H16FNO2S/c20-15-10-8-14(9-11-15)19(17-7-4-12-24-17)21-18(22)13-23-16-5-2-1-3-6-16/h1-12,19H,13H2,(H,21,22)/t19-/m0/s1. The van der Waals surface area contributed by atoms with E-state index in [1.54, 1.807) is 24.3 Å². The molecule has 0 saturated carbocycles. The van der Waals surface area contributed by atoms with Gasteiger partial charge in [0.1, 0.15) is 11.6 Å². The molecule has 0 bridgehead atoms. The van der Waals surface area contributed by atoms with E-state index in [4.69, 9.17) is 4.74 Å². The van der Waals surface area contributed by atoms with Crippen LogP contribution in [0.15, 0.2) is 72.1 Å². The summed E-state index contributed by atoms with van der Waals surface area (Å²) in [6.07, 6.45) is 0. The van der Waals surface area contributed by atoms with E-state index in [0.29, 0.717) is 5.75 Å². The van der Waals surface area contributed by atoms with Gasteiger partial charge in [-0.25, -0.2) is 4.39 Å². The normalized spacial score (nSPS) is 11.7. The minimum absolute atomic E-state index is 0.0763. The quantitative estimate of drug-likeness (QED) is 0.731. The summed E-state index contributed by atoms with van der Waals surface area (Å²) < 4.78 is 18.6. The average molecular weight is 341 g/mol. The predicted molar refractivity (Wildman–Crippen MR) is 92.6 cm³/mol. The van der Waals surface area contributed by atoms with Gasteiger partial charge in [0.15, 0.2) is 6.61 Å². The van der Waals surface area contributed by atoms with Gasteiger partial charge in [-0.15, -0.1) is 11.3 Å². The number of halogens is 1. The number of ether oxygens (including phenoxy) is 1. The van der Waals surface area contributed by atoms with Crippen LogP contribution in [0.5, 0.6) is 5.75 Å². The summed E-state index contributed by atoms with van der Waals surface area (Å²) in [5.41, 5.74) is 0.826. The highest BCUT2D eigenvalue weighted by atomic mass is 32.1. The van der Waals surface area contributed by atoms with Crippen molar-refractivity contribution in [1.29, 1.82) is 0 Å². The average Bonchev–Trinajstić information content (AvgIpc) is 3.14. The van der Waals surface area contributed by atoms with E-state index in [0.717, 1.165) is 10.4 Å². The zero-order chi connectivity index (χ0) is 16.8. The zero-order valence-corrected chi connectivity index (χ0v) is 13.6. The van der Waals surface area contributed by atoms with E-state index in [9.17, 15) is 9.18 Å². The molecule has 1 heterocycles. The predicted octanol–water partition coefficient (Wildman–Crippen LogP) is 4.17. The zero-order valence-electron chi connectivity index (χ0n) is 12.8. The van der Waals surface area contributed by atoms with Crippen molar-refractivity contribution < 1.29 is 13.9 Å². The minimum Gasteiger partial charge on any atom is -0.484 e. The van der Waals surface area contributed by atoms with Crippen LogP contribution in [0.1, 0.15) is 16.5 Å². The Hall–Kier alpha value is -2.66. The number of hydrogen-bond donors (Lipinski definition) is 1. The molecule has 0 unspecified atom stereocenters. The third-order valence-electron chi connectivity index (χ3n) is 3.45. The second kappa shape index (κ2) is 7.75. The van der Waals surface area contributed by atoms with Crippen molar-refractivity contribution in [1.82, 2.24) is 5.32 Å². The van der Waals surface area contributed by atoms with Gasteiger partial charge in [0.25, 0.3) is 5.91 Å². The topological polar surface area (TPSA) is 38.3 Å². The van der Waals surface area contributed by atoms with E-state index in [-0.39, 0.29) is 24.4 Å². The molecule has 0 aliphatic carbocycles. The van der Waals surface area contributed by atoms with E-state index >= 15 is 0 Å². The van der Waals surface area contributed by atoms with Crippen LogP contribution in [-0.4, -0.2) is 12.5 Å². The molecular weight excluding hydrogens is 325 g/mol. The first kappa shape index (κ1) is 16.2. The van der Waals surface area contributed by atoms with E-state index < -0.39 is 0 Å². The van der Waals surface area contributed by atoms with Gasteiger partial charge in [0.05, 0.1) is 6.04 Å². The lowest BCUT2D eigenvalue weighted by molar-refractivity contribution is -0.123. The Morgan fingerprint density at radius 3 is 2.46 bits per heavy atom. The molecule has 0 aliphatic rings. The van der Waals surface area contributed by atoms with Crippen LogP contribution < -0.4 is 10.1 Å². The molecule has 0 spiro atoms. The van der Waals surface area contributed by atoms with Crippen molar-refractivity contribution >= 4 is 17.2 Å². The molecule has 0 fully saturated rings. The SMILES string of the molecule is O=C(COc1ccccc1)N[C@@H](c1ccc(F)cc1)c1cccs1. The van der Waals surface area contributed by atoms with Gasteiger partial charge < -0.3 is 10.1 Å². The Morgan fingerprint density at radius 2 is 1.79 bits per heavy atom. The fourth-order valence-corrected chi connectivity index (χ4v) is 3.10. The molecule has 1 N–H and O–H groups in total. The van der Waals surface area contributed by atoms with E-state index in [2.05, 4.69) is 5.32 Å². The van der Waals surface area contributed by atoms with Crippen LogP contribution in [0.2, 0.25) is 0 Å². The Labute approximate surface area is 143 Å². The summed E-state index contributed by atoms with van der Waals surface area (Å²) in [5.74, 6) is 0.103. The lowest BCUT2D eigenvalue weighted by Gasteiger charge is -2.18. The molecule has 122 valence electrons. The summed E-state index contributed by atoms with van der Waals surface area (Å²) >= 11 is 1.54. The third kappa shape index (κ3) is 4.20. The first-order chi connectivity index (χ1) is 11.7. The number of carbonyl (C=O) groups is 1. The highest BCUT2D eigenvalue weighted by Gasteiger charge is 2.18. The molecule has 0 aliphatic heterocycles. The number of thiophene rings is 1. The molecule has 5 heteroatoms. The molecule has 1 aromatic heterocycles. The maximum absolute atomic E-state index is 13.2. The summed E-state index contributed by atoms with van der Waals surface area (Å²) in [5, 5.41) is 4.89. The molecule has 3 nitrogen and oxygen atoms in total. The number of para-hydroxylation sites is 1. The van der Waals surface area contributed by atoms with Crippen LogP contribution in [-0.2, 0) is 4.79 Å². The molecule has 3 rings (SSSR count). The van der Waals surface area contributed by atoms with Crippen molar-refractivity contribution in [3.05, 3.63) is 88.4 Å². The largest absolute Gasteiger partial charge is 0.484 e. The number of nitrogens with one attached hydrogen (secondary N) is 1. The molecule has 0 radical (unpaired) electrons. The summed E-state index contributed by atoms with van der Waals surface area (Å²) in [7, 11) is 0. The number of hydrogen-bond acceptors (Lipinski definition) is 3. The molecule has 1 atom stereocenters. The van der Waals surface area contributed by atoms with Gasteiger partial charge in [-0.2, -0.15) is 0 Å². The summed E-state index contributed by atoms with van der Waals surface area (Å²) in [4.78, 5) is 13.2. The Bertz CT molecular complexity index is 773. The Kier molecular flexibility index (Phi) is 5.23. The lowest BCUT2D eigenvalue weighted by atomic mass is 10.1.